The molecule has 2 atom stereocenters. The van der Waals surface area contributed by atoms with Crippen LogP contribution in [0.4, 0.5) is 10.2 Å². The average Bonchev–Trinajstić information content (AvgIpc) is 3.04. The maximum Gasteiger partial charge on any atom is 0.185 e. The number of nitrogens with two attached hydrogens (primary N) is 1. The molecule has 0 aliphatic heterocycles. The molecule has 0 radical (unpaired) electrons. The Bertz CT molecular complexity index is 948. The molecule has 3 heterocycles. The molecule has 136 valence electrons. The summed E-state index contributed by atoms with van der Waals surface area (Å²) in [6.45, 7) is 0. The van der Waals surface area contributed by atoms with Crippen LogP contribution in [0, 0.1) is 5.82 Å². The van der Waals surface area contributed by atoms with Gasteiger partial charge < -0.3 is 10.1 Å². The van der Waals surface area contributed by atoms with Crippen molar-refractivity contribution in [1.29, 1.82) is 0 Å². The van der Waals surface area contributed by atoms with E-state index < -0.39 is 11.9 Å². The minimum absolute atomic E-state index is 0.0124. The number of nitrogens with one attached hydrogen (secondary N) is 1. The highest BCUT2D eigenvalue weighted by molar-refractivity contribution is 6.31. The summed E-state index contributed by atoms with van der Waals surface area (Å²) in [6.07, 6.45) is 6.77. The van der Waals surface area contributed by atoms with Crippen LogP contribution in [0.15, 0.2) is 24.7 Å². The van der Waals surface area contributed by atoms with Crippen molar-refractivity contribution < 1.29 is 9.50 Å². The van der Waals surface area contributed by atoms with Crippen LogP contribution in [-0.4, -0.2) is 37.2 Å². The largest absolute Gasteiger partial charge is 0.393 e. The number of pyridine rings is 1. The van der Waals surface area contributed by atoms with Gasteiger partial charge >= 0.3 is 0 Å². The molecule has 3 aromatic heterocycles. The van der Waals surface area contributed by atoms with Crippen LogP contribution in [-0.2, 0) is 0 Å². The number of hydrogen-bond donors (Lipinski definition) is 3. The Labute approximate surface area is 154 Å². The predicted molar refractivity (Wildman–Crippen MR) is 97.0 cm³/mol. The van der Waals surface area contributed by atoms with Crippen molar-refractivity contribution in [2.24, 2.45) is 5.84 Å². The molecule has 0 bridgehead atoms. The van der Waals surface area contributed by atoms with Gasteiger partial charge in [0.15, 0.2) is 17.5 Å². The van der Waals surface area contributed by atoms with Gasteiger partial charge in [-0.1, -0.05) is 11.6 Å². The highest BCUT2D eigenvalue weighted by Gasteiger charge is 2.27. The Hall–Kier alpha value is -2.29. The zero-order chi connectivity index (χ0) is 18.3. The monoisotopic (exact) mass is 376 g/mol. The van der Waals surface area contributed by atoms with Crippen LogP contribution in [0.2, 0.25) is 5.02 Å². The van der Waals surface area contributed by atoms with Crippen LogP contribution in [0.25, 0.3) is 22.4 Å². The van der Waals surface area contributed by atoms with Crippen molar-refractivity contribution in [2.45, 2.75) is 37.8 Å². The van der Waals surface area contributed by atoms with Gasteiger partial charge in [0, 0.05) is 29.4 Å². The number of nitrogens with zero attached hydrogens (tertiary/aromatic N) is 4. The van der Waals surface area contributed by atoms with Crippen LogP contribution < -0.4 is 10.9 Å². The number of hydrazine groups is 1. The summed E-state index contributed by atoms with van der Waals surface area (Å²) in [5.74, 6) is 5.87. The normalized spacial score (nSPS) is 20.5. The summed E-state index contributed by atoms with van der Waals surface area (Å²) in [5.41, 5.74) is 1.30. The summed E-state index contributed by atoms with van der Waals surface area (Å²) in [6, 6.07) is 1.58. The first kappa shape index (κ1) is 17.1. The number of hydrogen-bond acceptors (Lipinski definition) is 6. The first-order chi connectivity index (χ1) is 12.5. The molecule has 7 nitrogen and oxygen atoms in total. The summed E-state index contributed by atoms with van der Waals surface area (Å²) in [7, 11) is 0. The molecule has 1 aliphatic rings. The standard InChI is InChI=1S/C17H18ClFN6O/c18-9-4-12-13(7-22-15(12)21-6-9)16-23-8-14(19)17(24-16)25(20)10-2-1-3-11(26)5-10/h4,6-8,10-11,26H,1-3,5,20H2,(H,21,22). The molecule has 3 aromatic rings. The van der Waals surface area contributed by atoms with E-state index in [1.807, 2.05) is 0 Å². The van der Waals surface area contributed by atoms with Gasteiger partial charge in [0.2, 0.25) is 0 Å². The van der Waals surface area contributed by atoms with Gasteiger partial charge in [0.25, 0.3) is 0 Å². The molecule has 4 rings (SSSR count). The molecule has 0 saturated heterocycles. The molecular formula is C17H18ClFN6O. The lowest BCUT2D eigenvalue weighted by molar-refractivity contribution is 0.118. The molecule has 0 amide bonds. The highest BCUT2D eigenvalue weighted by Crippen LogP contribution is 2.30. The highest BCUT2D eigenvalue weighted by atomic mass is 35.5. The van der Waals surface area contributed by atoms with Crippen molar-refractivity contribution in [1.82, 2.24) is 19.9 Å². The fraction of sp³-hybridized carbons (Fsp3) is 0.353. The molecule has 0 aromatic carbocycles. The van der Waals surface area contributed by atoms with Gasteiger partial charge in [-0.3, -0.25) is 5.01 Å². The molecule has 1 fully saturated rings. The fourth-order valence-corrected chi connectivity index (χ4v) is 3.55. The molecule has 2 unspecified atom stereocenters. The van der Waals surface area contributed by atoms with E-state index in [1.54, 1.807) is 12.3 Å². The second kappa shape index (κ2) is 6.79. The fourth-order valence-electron chi connectivity index (χ4n) is 3.40. The lowest BCUT2D eigenvalue weighted by Gasteiger charge is -2.33. The van der Waals surface area contributed by atoms with E-state index in [4.69, 9.17) is 17.4 Å². The first-order valence-corrected chi connectivity index (χ1v) is 8.78. The van der Waals surface area contributed by atoms with Gasteiger partial charge in [0.1, 0.15) is 5.65 Å². The lowest BCUT2D eigenvalue weighted by atomic mass is 9.92. The molecule has 1 aliphatic carbocycles. The Balaban J connectivity index is 1.72. The zero-order valence-corrected chi connectivity index (χ0v) is 14.6. The summed E-state index contributed by atoms with van der Waals surface area (Å²) >= 11 is 6.03. The molecule has 26 heavy (non-hydrogen) atoms. The van der Waals surface area contributed by atoms with E-state index in [0.717, 1.165) is 30.8 Å². The van der Waals surface area contributed by atoms with Crippen molar-refractivity contribution in [2.75, 3.05) is 5.01 Å². The van der Waals surface area contributed by atoms with Crippen LogP contribution in [0.3, 0.4) is 0 Å². The molecule has 9 heteroatoms. The Morgan fingerprint density at radius 3 is 2.96 bits per heavy atom. The van der Waals surface area contributed by atoms with E-state index in [0.29, 0.717) is 28.5 Å². The average molecular weight is 377 g/mol. The van der Waals surface area contributed by atoms with Gasteiger partial charge in [-0.15, -0.1) is 0 Å². The maximum absolute atomic E-state index is 14.3. The molecular weight excluding hydrogens is 359 g/mol. The van der Waals surface area contributed by atoms with Crippen LogP contribution in [0.5, 0.6) is 0 Å². The zero-order valence-electron chi connectivity index (χ0n) is 13.9. The summed E-state index contributed by atoms with van der Waals surface area (Å²) in [4.78, 5) is 15.7. The maximum atomic E-state index is 14.3. The van der Waals surface area contributed by atoms with Crippen LogP contribution in [0.1, 0.15) is 25.7 Å². The number of H-pyrrole nitrogens is 1. The minimum Gasteiger partial charge on any atom is -0.393 e. The third-order valence-electron chi connectivity index (χ3n) is 4.72. The number of anilines is 1. The predicted octanol–water partition coefficient (Wildman–Crippen LogP) is 2.80. The number of aromatic amines is 1. The second-order valence-corrected chi connectivity index (χ2v) is 6.94. The van der Waals surface area contributed by atoms with Gasteiger partial charge in [-0.2, -0.15) is 0 Å². The Kier molecular flexibility index (Phi) is 4.47. The third-order valence-corrected chi connectivity index (χ3v) is 4.93. The number of aromatic nitrogens is 4. The van der Waals surface area contributed by atoms with Crippen molar-refractivity contribution in [3.63, 3.8) is 0 Å². The Morgan fingerprint density at radius 2 is 2.15 bits per heavy atom. The van der Waals surface area contributed by atoms with Crippen molar-refractivity contribution in [3.05, 3.63) is 35.5 Å². The quantitative estimate of drug-likeness (QED) is 0.479. The Morgan fingerprint density at radius 1 is 1.31 bits per heavy atom. The van der Waals surface area contributed by atoms with E-state index in [2.05, 4.69) is 19.9 Å². The van der Waals surface area contributed by atoms with E-state index >= 15 is 0 Å². The number of fused-ring (bicyclic) bond motifs is 1. The van der Waals surface area contributed by atoms with E-state index in [1.165, 1.54) is 11.2 Å². The lowest BCUT2D eigenvalue weighted by Crippen LogP contribution is -2.46. The smallest absolute Gasteiger partial charge is 0.185 e. The number of halogens is 2. The minimum atomic E-state index is -0.604. The molecule has 4 N–H and O–H groups in total. The summed E-state index contributed by atoms with van der Waals surface area (Å²) < 4.78 is 14.3. The number of aliphatic hydroxyl groups excluding tert-OH is 1. The topological polar surface area (TPSA) is 104 Å². The van der Waals surface area contributed by atoms with Crippen LogP contribution >= 0.6 is 11.6 Å². The van der Waals surface area contributed by atoms with Crippen molar-refractivity contribution in [3.8, 4) is 11.4 Å². The number of rotatable bonds is 3. The van der Waals surface area contributed by atoms with Gasteiger partial charge in [-0.05, 0) is 31.7 Å². The summed E-state index contributed by atoms with van der Waals surface area (Å²) in [5, 5.41) is 12.4. The van der Waals surface area contributed by atoms with E-state index in [-0.39, 0.29) is 11.9 Å². The molecule has 1 saturated carbocycles. The number of aliphatic hydroxyl groups is 1. The van der Waals surface area contributed by atoms with Gasteiger partial charge in [0.05, 0.1) is 17.3 Å². The molecule has 0 spiro atoms. The SMILES string of the molecule is NN(c1nc(-c2c[nH]c3ncc(Cl)cc23)ncc1F)C1CCCC(O)C1. The first-order valence-electron chi connectivity index (χ1n) is 8.40. The van der Waals surface area contributed by atoms with E-state index in [9.17, 15) is 9.50 Å². The second-order valence-electron chi connectivity index (χ2n) is 6.50. The third kappa shape index (κ3) is 3.11. The van der Waals surface area contributed by atoms with Crippen molar-refractivity contribution >= 4 is 28.5 Å². The van der Waals surface area contributed by atoms with Gasteiger partial charge in [-0.25, -0.2) is 25.2 Å².